The van der Waals surface area contributed by atoms with Crippen LogP contribution in [-0.4, -0.2) is 18.3 Å². The van der Waals surface area contributed by atoms with Crippen molar-refractivity contribution in [1.82, 2.24) is 0 Å². The molecule has 2 rings (SSSR count). The van der Waals surface area contributed by atoms with Crippen LogP contribution >= 0.6 is 22.6 Å². The summed E-state index contributed by atoms with van der Waals surface area (Å²) in [4.78, 5) is 0. The van der Waals surface area contributed by atoms with Gasteiger partial charge in [-0.2, -0.15) is 5.26 Å². The fourth-order valence-corrected chi connectivity index (χ4v) is 3.06. The zero-order valence-corrected chi connectivity index (χ0v) is 12.2. The molecule has 0 aromatic heterocycles. The lowest BCUT2D eigenvalue weighted by Crippen LogP contribution is -2.40. The van der Waals surface area contributed by atoms with Crippen LogP contribution < -0.4 is 11.1 Å². The average molecular weight is 357 g/mol. The van der Waals surface area contributed by atoms with Crippen molar-refractivity contribution < 1.29 is 5.11 Å². The molecule has 0 saturated heterocycles. The molecule has 18 heavy (non-hydrogen) atoms. The Hall–Kier alpha value is -1.00. The van der Waals surface area contributed by atoms with E-state index < -0.39 is 0 Å². The molecule has 1 aromatic carbocycles. The van der Waals surface area contributed by atoms with Gasteiger partial charge in [0.05, 0.1) is 29.6 Å². The summed E-state index contributed by atoms with van der Waals surface area (Å²) in [6, 6.07) is 5.58. The number of halogens is 1. The zero-order chi connectivity index (χ0) is 13.2. The van der Waals surface area contributed by atoms with E-state index in [2.05, 4.69) is 34.0 Å². The van der Waals surface area contributed by atoms with E-state index >= 15 is 0 Å². The number of benzene rings is 1. The van der Waals surface area contributed by atoms with Gasteiger partial charge in [-0.25, -0.2) is 0 Å². The summed E-state index contributed by atoms with van der Waals surface area (Å²) in [6.45, 7) is 0.947. The molecule has 0 amide bonds. The molecular weight excluding hydrogens is 341 g/mol. The van der Waals surface area contributed by atoms with E-state index in [9.17, 15) is 5.11 Å². The number of nitrogens with zero attached hydrogens (tertiary/aromatic N) is 1. The van der Waals surface area contributed by atoms with E-state index in [0.29, 0.717) is 11.3 Å². The predicted molar refractivity (Wildman–Crippen MR) is 80.1 cm³/mol. The molecule has 1 aliphatic rings. The maximum atomic E-state index is 9.42. The molecule has 1 fully saturated rings. The Morgan fingerprint density at radius 1 is 1.50 bits per heavy atom. The van der Waals surface area contributed by atoms with Gasteiger partial charge in [0, 0.05) is 15.5 Å². The molecule has 1 saturated carbocycles. The van der Waals surface area contributed by atoms with E-state index in [0.717, 1.165) is 28.6 Å². The predicted octanol–water partition coefficient (Wildman–Crippen LogP) is 2.32. The highest BCUT2D eigenvalue weighted by Crippen LogP contribution is 2.41. The lowest BCUT2D eigenvalue weighted by Gasteiger charge is -2.40. The molecule has 4 nitrogen and oxygen atoms in total. The number of anilines is 2. The minimum absolute atomic E-state index is 0.0173. The number of nitriles is 1. The average Bonchev–Trinajstić information content (AvgIpc) is 2.30. The third-order valence-corrected chi connectivity index (χ3v) is 4.49. The number of nitrogens with two attached hydrogens (primary N) is 1. The number of hydrogen-bond acceptors (Lipinski definition) is 4. The quantitative estimate of drug-likeness (QED) is 0.571. The van der Waals surface area contributed by atoms with Gasteiger partial charge in [-0.05, 0) is 47.6 Å². The lowest BCUT2D eigenvalue weighted by atomic mass is 9.69. The summed E-state index contributed by atoms with van der Waals surface area (Å²) >= 11 is 2.17. The van der Waals surface area contributed by atoms with Crippen molar-refractivity contribution in [3.63, 3.8) is 0 Å². The van der Waals surface area contributed by atoms with E-state index in [-0.39, 0.29) is 12.0 Å². The zero-order valence-electron chi connectivity index (χ0n) is 10.0. The Bertz CT molecular complexity index is 463. The third-order valence-electron chi connectivity index (χ3n) is 3.64. The summed E-state index contributed by atoms with van der Waals surface area (Å²) in [7, 11) is 0. The van der Waals surface area contributed by atoms with Gasteiger partial charge in [0.1, 0.15) is 0 Å². The van der Waals surface area contributed by atoms with Crippen molar-refractivity contribution in [1.29, 1.82) is 5.26 Å². The molecule has 0 heterocycles. The smallest absolute Gasteiger partial charge is 0.0992 e. The van der Waals surface area contributed by atoms with Crippen molar-refractivity contribution in [2.24, 2.45) is 5.41 Å². The number of aliphatic hydroxyl groups excluding tert-OH is 1. The van der Waals surface area contributed by atoms with Crippen LogP contribution in [0.5, 0.6) is 0 Å². The second-order valence-corrected chi connectivity index (χ2v) is 6.06. The van der Waals surface area contributed by atoms with E-state index in [4.69, 9.17) is 11.0 Å². The Kier molecular flexibility index (Phi) is 3.97. The molecule has 0 spiro atoms. The monoisotopic (exact) mass is 357 g/mol. The van der Waals surface area contributed by atoms with Gasteiger partial charge in [0.2, 0.25) is 0 Å². The summed E-state index contributed by atoms with van der Waals surface area (Å²) < 4.78 is 0.941. The molecule has 5 heteroatoms. The van der Waals surface area contributed by atoms with Crippen LogP contribution in [0.3, 0.4) is 0 Å². The normalized spacial score (nSPS) is 16.7. The summed E-state index contributed by atoms with van der Waals surface area (Å²) in [5, 5.41) is 21.6. The summed E-state index contributed by atoms with van der Waals surface area (Å²) in [5.74, 6) is 0. The van der Waals surface area contributed by atoms with E-state index in [1.165, 1.54) is 6.42 Å². The minimum Gasteiger partial charge on any atom is -0.397 e. The van der Waals surface area contributed by atoms with Crippen molar-refractivity contribution in [3.8, 4) is 6.07 Å². The molecule has 1 aromatic rings. The van der Waals surface area contributed by atoms with Crippen LogP contribution in [0.1, 0.15) is 24.8 Å². The largest absolute Gasteiger partial charge is 0.397 e. The van der Waals surface area contributed by atoms with Crippen molar-refractivity contribution in [2.75, 3.05) is 24.2 Å². The van der Waals surface area contributed by atoms with Crippen LogP contribution in [0.4, 0.5) is 11.4 Å². The Balaban J connectivity index is 2.12. The lowest BCUT2D eigenvalue weighted by molar-refractivity contribution is 0.0576. The van der Waals surface area contributed by atoms with Crippen LogP contribution in [0, 0.1) is 20.3 Å². The fourth-order valence-electron chi connectivity index (χ4n) is 2.22. The van der Waals surface area contributed by atoms with Gasteiger partial charge in [-0.15, -0.1) is 0 Å². The Labute approximate surface area is 120 Å². The number of nitrogen functional groups attached to an aromatic ring is 1. The van der Waals surface area contributed by atoms with Crippen LogP contribution in [0.25, 0.3) is 0 Å². The molecule has 0 radical (unpaired) electrons. The second-order valence-electron chi connectivity index (χ2n) is 4.90. The van der Waals surface area contributed by atoms with Gasteiger partial charge in [-0.1, -0.05) is 6.42 Å². The first-order valence-electron chi connectivity index (χ1n) is 5.94. The number of aliphatic hydroxyl groups is 1. The second kappa shape index (κ2) is 5.33. The van der Waals surface area contributed by atoms with Crippen LogP contribution in [0.2, 0.25) is 0 Å². The molecule has 4 N–H and O–H groups in total. The number of nitrogens with one attached hydrogen (secondary N) is 1. The van der Waals surface area contributed by atoms with Gasteiger partial charge >= 0.3 is 0 Å². The Morgan fingerprint density at radius 2 is 2.22 bits per heavy atom. The molecule has 96 valence electrons. The van der Waals surface area contributed by atoms with Crippen LogP contribution in [-0.2, 0) is 0 Å². The highest BCUT2D eigenvalue weighted by Gasteiger charge is 2.36. The van der Waals surface area contributed by atoms with Crippen molar-refractivity contribution in [3.05, 3.63) is 21.3 Å². The van der Waals surface area contributed by atoms with E-state index in [1.54, 1.807) is 6.07 Å². The molecular formula is C13H16IN3O. The van der Waals surface area contributed by atoms with Crippen LogP contribution in [0.15, 0.2) is 12.1 Å². The first-order chi connectivity index (χ1) is 8.60. The summed E-state index contributed by atoms with van der Waals surface area (Å²) in [5.41, 5.74) is 8.00. The standard InChI is InChI=1S/C13H16IN3O/c14-10-4-9(6-15)5-11(16)12(10)17-7-13(8-18)2-1-3-13/h4-5,17-18H,1-3,7-8,16H2. The number of rotatable bonds is 4. The molecule has 0 atom stereocenters. The molecule has 1 aliphatic carbocycles. The van der Waals surface area contributed by atoms with Gasteiger partial charge in [0.25, 0.3) is 0 Å². The van der Waals surface area contributed by atoms with Crippen molar-refractivity contribution >= 4 is 34.0 Å². The minimum atomic E-state index is 0.0173. The van der Waals surface area contributed by atoms with Gasteiger partial charge in [0.15, 0.2) is 0 Å². The highest BCUT2D eigenvalue weighted by atomic mass is 127. The van der Waals surface area contributed by atoms with E-state index in [1.807, 2.05) is 6.07 Å². The fraction of sp³-hybridized carbons (Fsp3) is 0.462. The third kappa shape index (κ3) is 2.54. The van der Waals surface area contributed by atoms with Crippen molar-refractivity contribution in [2.45, 2.75) is 19.3 Å². The SMILES string of the molecule is N#Cc1cc(N)c(NCC2(CO)CCC2)c(I)c1. The maximum absolute atomic E-state index is 9.42. The first kappa shape index (κ1) is 13.4. The maximum Gasteiger partial charge on any atom is 0.0992 e. The topological polar surface area (TPSA) is 82.1 Å². The van der Waals surface area contributed by atoms with Gasteiger partial charge < -0.3 is 16.2 Å². The number of hydrogen-bond donors (Lipinski definition) is 3. The highest BCUT2D eigenvalue weighted by molar-refractivity contribution is 14.1. The molecule has 0 bridgehead atoms. The molecule has 0 unspecified atom stereocenters. The Morgan fingerprint density at radius 3 is 2.67 bits per heavy atom. The van der Waals surface area contributed by atoms with Gasteiger partial charge in [-0.3, -0.25) is 0 Å². The first-order valence-corrected chi connectivity index (χ1v) is 7.02. The molecule has 0 aliphatic heterocycles. The summed E-state index contributed by atoms with van der Waals surface area (Å²) in [6.07, 6.45) is 3.30.